The largest absolute Gasteiger partial charge is 0.437 e. The van der Waals surface area contributed by atoms with E-state index in [1.807, 2.05) is 0 Å². The van der Waals surface area contributed by atoms with E-state index < -0.39 is 12.6 Å². The second kappa shape index (κ2) is 6.47. The molecule has 1 radical (unpaired) electrons. The molecule has 0 unspecified atom stereocenters. The molecule has 5 heteroatoms. The first kappa shape index (κ1) is 9.35. The Balaban J connectivity index is 2.96. The summed E-state index contributed by atoms with van der Waals surface area (Å²) in [7, 11) is 1.44. The summed E-state index contributed by atoms with van der Waals surface area (Å²) in [6, 6.07) is 0. The molecule has 0 atom stereocenters. The average molecular weight is 149 g/mol. The normalized spacial score (nSPS) is 9.40. The number of carbonyl (C=O) groups is 1. The zero-order chi connectivity index (χ0) is 7.82. The molecule has 10 heavy (non-hydrogen) atoms. The minimum absolute atomic E-state index is 0.0478. The predicted octanol–water partition coefficient (Wildman–Crippen LogP) is -0.462. The Morgan fingerprint density at radius 3 is 2.60 bits per heavy atom. The maximum atomic E-state index is 10.1. The minimum atomic E-state index is -0.879. The van der Waals surface area contributed by atoms with Crippen LogP contribution >= 0.6 is 0 Å². The van der Waals surface area contributed by atoms with Gasteiger partial charge in [0.2, 0.25) is 0 Å². The number of ether oxygens (including phenoxy) is 3. The lowest BCUT2D eigenvalue weighted by molar-refractivity contribution is -0.170. The summed E-state index contributed by atoms with van der Waals surface area (Å²) in [4.78, 5) is 10.1. The van der Waals surface area contributed by atoms with Gasteiger partial charge in [0, 0.05) is 7.11 Å². The Kier molecular flexibility index (Phi) is 6.05. The van der Waals surface area contributed by atoms with Crippen molar-refractivity contribution in [3.8, 4) is 0 Å². The van der Waals surface area contributed by atoms with E-state index in [1.54, 1.807) is 0 Å². The number of rotatable bonds is 5. The Hall–Kier alpha value is -0.650. The van der Waals surface area contributed by atoms with Crippen LogP contribution in [-0.2, 0) is 24.1 Å². The van der Waals surface area contributed by atoms with Gasteiger partial charge >= 0.3 is 5.97 Å². The van der Waals surface area contributed by atoms with Crippen molar-refractivity contribution in [2.75, 3.05) is 27.3 Å². The van der Waals surface area contributed by atoms with Gasteiger partial charge in [-0.05, 0) is 0 Å². The van der Waals surface area contributed by atoms with Gasteiger partial charge in [-0.1, -0.05) is 0 Å². The molecule has 0 aromatic carbocycles. The minimum Gasteiger partial charge on any atom is -0.437 e. The van der Waals surface area contributed by atoms with Gasteiger partial charge in [-0.25, -0.2) is 9.90 Å². The molecule has 0 aromatic heterocycles. The van der Waals surface area contributed by atoms with Crippen LogP contribution in [0.4, 0.5) is 0 Å². The first-order chi connectivity index (χ1) is 4.81. The summed E-state index contributed by atoms with van der Waals surface area (Å²) in [5.41, 5.74) is 0. The van der Waals surface area contributed by atoms with Crippen LogP contribution in [0.5, 0.6) is 0 Å². The molecule has 0 aliphatic carbocycles. The average Bonchev–Trinajstić information content (AvgIpc) is 1.98. The molecule has 0 fully saturated rings. The lowest BCUT2D eigenvalue weighted by Gasteiger charge is -2.01. The summed E-state index contributed by atoms with van der Waals surface area (Å²) in [5.74, 6) is -0.823. The number of carbonyl (C=O) groups excluding carboxylic acids is 1. The van der Waals surface area contributed by atoms with E-state index in [4.69, 9.17) is 0 Å². The van der Waals surface area contributed by atoms with E-state index in [0.29, 0.717) is 0 Å². The number of esters is 1. The van der Waals surface area contributed by atoms with Crippen molar-refractivity contribution in [3.05, 3.63) is 0 Å². The molecule has 0 saturated carbocycles. The first-order valence-corrected chi connectivity index (χ1v) is 2.61. The van der Waals surface area contributed by atoms with Crippen molar-refractivity contribution in [2.24, 2.45) is 0 Å². The number of methoxy groups -OCH3 is 1. The molecule has 0 heterocycles. The molecule has 59 valence electrons. The van der Waals surface area contributed by atoms with Gasteiger partial charge in [-0.15, -0.1) is 0 Å². The topological polar surface area (TPSA) is 64.7 Å². The molecule has 5 nitrogen and oxygen atoms in total. The van der Waals surface area contributed by atoms with Crippen molar-refractivity contribution in [2.45, 2.75) is 0 Å². The van der Waals surface area contributed by atoms with Gasteiger partial charge in [0.25, 0.3) is 0 Å². The maximum Gasteiger partial charge on any atom is 0.337 e. The van der Waals surface area contributed by atoms with Crippen LogP contribution in [0.25, 0.3) is 0 Å². The van der Waals surface area contributed by atoms with Gasteiger partial charge in [0.15, 0.2) is 13.4 Å². The second-order valence-corrected chi connectivity index (χ2v) is 1.39. The monoisotopic (exact) mass is 149 g/mol. The van der Waals surface area contributed by atoms with Crippen LogP contribution in [0.1, 0.15) is 0 Å². The van der Waals surface area contributed by atoms with Crippen LogP contribution in [0.15, 0.2) is 0 Å². The molecule has 0 rings (SSSR count). The quantitative estimate of drug-likeness (QED) is 0.301. The van der Waals surface area contributed by atoms with Gasteiger partial charge in [0.1, 0.15) is 6.79 Å². The summed E-state index contributed by atoms with van der Waals surface area (Å²) >= 11 is 0. The summed E-state index contributed by atoms with van der Waals surface area (Å²) in [5, 5.41) is 9.73. The zero-order valence-corrected chi connectivity index (χ0v) is 5.66. The van der Waals surface area contributed by atoms with Crippen LogP contribution < -0.4 is 0 Å². The van der Waals surface area contributed by atoms with Gasteiger partial charge in [0.05, 0.1) is 0 Å². The third-order valence-corrected chi connectivity index (χ3v) is 0.622. The van der Waals surface area contributed by atoms with Crippen LogP contribution in [0.2, 0.25) is 0 Å². The number of hydrogen-bond donors (Lipinski definition) is 0. The summed E-state index contributed by atoms with van der Waals surface area (Å²) in [6.07, 6.45) is 0. The highest BCUT2D eigenvalue weighted by Crippen LogP contribution is 1.79. The van der Waals surface area contributed by atoms with Crippen LogP contribution in [-0.4, -0.2) is 33.3 Å². The number of hydrogen-bond acceptors (Lipinski definition) is 4. The van der Waals surface area contributed by atoms with Crippen molar-refractivity contribution < 1.29 is 24.1 Å². The molecule has 0 amide bonds. The lowest BCUT2D eigenvalue weighted by atomic mass is 10.7. The molecular weight excluding hydrogens is 140 g/mol. The third kappa shape index (κ3) is 5.49. The maximum absolute atomic E-state index is 10.1. The fourth-order valence-electron chi connectivity index (χ4n) is 0.266. The molecule has 0 saturated heterocycles. The molecule has 0 aromatic rings. The standard InChI is InChI=1S/C5H9O5/c1-8-3-9-4-10-5(7)2-6/h2-4H2,1H3. The van der Waals surface area contributed by atoms with Crippen LogP contribution in [0.3, 0.4) is 0 Å². The smallest absolute Gasteiger partial charge is 0.337 e. The van der Waals surface area contributed by atoms with E-state index in [9.17, 15) is 9.90 Å². The Labute approximate surface area is 58.5 Å². The molecule has 0 aliphatic rings. The first-order valence-electron chi connectivity index (χ1n) is 2.61. The molecular formula is C5H9O5. The second-order valence-electron chi connectivity index (χ2n) is 1.39. The molecule has 0 aliphatic heterocycles. The zero-order valence-electron chi connectivity index (χ0n) is 5.66. The fourth-order valence-corrected chi connectivity index (χ4v) is 0.266. The highest BCUT2D eigenvalue weighted by molar-refractivity contribution is 5.70. The molecule has 0 bridgehead atoms. The predicted molar refractivity (Wildman–Crippen MR) is 29.5 cm³/mol. The molecule has 0 spiro atoms. The molecule has 0 N–H and O–H groups in total. The lowest BCUT2D eigenvalue weighted by Crippen LogP contribution is -2.11. The van der Waals surface area contributed by atoms with Crippen molar-refractivity contribution in [3.63, 3.8) is 0 Å². The van der Waals surface area contributed by atoms with Crippen molar-refractivity contribution >= 4 is 5.97 Å². The third-order valence-electron chi connectivity index (χ3n) is 0.622. The van der Waals surface area contributed by atoms with Crippen LogP contribution in [0, 0.1) is 0 Å². The highest BCUT2D eigenvalue weighted by Gasteiger charge is 1.98. The summed E-state index contributed by atoms with van der Waals surface area (Å²) < 4.78 is 13.3. The Bertz CT molecular complexity index is 92.0. The Morgan fingerprint density at radius 1 is 1.40 bits per heavy atom. The fraction of sp³-hybridized carbons (Fsp3) is 0.800. The Morgan fingerprint density at radius 2 is 2.10 bits per heavy atom. The van der Waals surface area contributed by atoms with E-state index >= 15 is 0 Å². The van der Waals surface area contributed by atoms with Crippen molar-refractivity contribution in [1.29, 1.82) is 0 Å². The SMILES string of the molecule is COCOCOC(=O)C[O]. The van der Waals surface area contributed by atoms with Crippen molar-refractivity contribution in [1.82, 2.24) is 0 Å². The van der Waals surface area contributed by atoms with Gasteiger partial charge < -0.3 is 14.2 Å². The van der Waals surface area contributed by atoms with E-state index in [1.165, 1.54) is 7.11 Å². The summed E-state index contributed by atoms with van der Waals surface area (Å²) in [6.45, 7) is -1.06. The van der Waals surface area contributed by atoms with Gasteiger partial charge in [-0.2, -0.15) is 0 Å². The van der Waals surface area contributed by atoms with Gasteiger partial charge in [-0.3, -0.25) is 0 Å². The van der Waals surface area contributed by atoms with E-state index in [-0.39, 0.29) is 13.6 Å². The highest BCUT2D eigenvalue weighted by atomic mass is 16.7. The van der Waals surface area contributed by atoms with E-state index in [0.717, 1.165) is 0 Å². The van der Waals surface area contributed by atoms with E-state index in [2.05, 4.69) is 14.2 Å².